The lowest BCUT2D eigenvalue weighted by Crippen LogP contribution is -2.48. The van der Waals surface area contributed by atoms with Gasteiger partial charge in [0.1, 0.15) is 0 Å². The molecule has 0 aromatic carbocycles. The van der Waals surface area contributed by atoms with Gasteiger partial charge in [0.2, 0.25) is 0 Å². The Morgan fingerprint density at radius 1 is 0.429 bits per heavy atom. The molecule has 1 fully saturated rings. The smallest absolute Gasteiger partial charge is 0.0221 e. The molecular weight excluding hydrogens is 589 g/mol. The molecule has 296 valence electrons. The highest BCUT2D eigenvalue weighted by Crippen LogP contribution is 2.61. The van der Waals surface area contributed by atoms with Crippen LogP contribution in [0.3, 0.4) is 0 Å². The van der Waals surface area contributed by atoms with Crippen LogP contribution >= 0.6 is 0 Å². The van der Waals surface area contributed by atoms with E-state index < -0.39 is 0 Å². The van der Waals surface area contributed by atoms with Crippen molar-refractivity contribution in [2.45, 2.75) is 271 Å². The molecule has 0 heterocycles. The van der Waals surface area contributed by atoms with Crippen LogP contribution in [0.15, 0.2) is 0 Å². The average Bonchev–Trinajstić information content (AvgIpc) is 3.63. The van der Waals surface area contributed by atoms with E-state index in [2.05, 4.69) is 111 Å². The van der Waals surface area contributed by atoms with E-state index in [1.165, 1.54) is 161 Å². The normalized spacial score (nSPS) is 20.1. The molecular formula is C49H100. The van der Waals surface area contributed by atoms with Crippen LogP contribution in [0.1, 0.15) is 271 Å². The number of rotatable bonds is 27. The Bertz CT molecular complexity index is 799. The SMILES string of the molecule is CCCCC(C)(C)C(C)(CCCC(C)C1CCCC1)C(C)(CC)CCCC.CCCCCC(C)(C(C)(C)CCCC)C(C)(CC)CCCC. The summed E-state index contributed by atoms with van der Waals surface area (Å²) in [5.74, 6) is 1.97. The molecule has 0 aromatic rings. The van der Waals surface area contributed by atoms with Gasteiger partial charge in [0.05, 0.1) is 0 Å². The zero-order chi connectivity index (χ0) is 37.8. The van der Waals surface area contributed by atoms with Crippen molar-refractivity contribution in [1.82, 2.24) is 0 Å². The summed E-state index contributed by atoms with van der Waals surface area (Å²) in [5.41, 5.74) is 2.71. The van der Waals surface area contributed by atoms with E-state index in [1.807, 2.05) is 0 Å². The molecule has 0 spiro atoms. The van der Waals surface area contributed by atoms with E-state index >= 15 is 0 Å². The molecule has 0 amide bonds. The van der Waals surface area contributed by atoms with Gasteiger partial charge in [-0.3, -0.25) is 0 Å². The third-order valence-corrected chi connectivity index (χ3v) is 16.5. The fourth-order valence-electron chi connectivity index (χ4n) is 10.8. The topological polar surface area (TPSA) is 0 Å². The van der Waals surface area contributed by atoms with Gasteiger partial charge in [-0.25, -0.2) is 0 Å². The minimum Gasteiger partial charge on any atom is -0.0654 e. The molecule has 0 aromatic heterocycles. The summed E-state index contributed by atoms with van der Waals surface area (Å²) in [6.07, 6.45) is 34.9. The lowest BCUT2D eigenvalue weighted by molar-refractivity contribution is -0.0719. The van der Waals surface area contributed by atoms with Crippen molar-refractivity contribution in [1.29, 1.82) is 0 Å². The van der Waals surface area contributed by atoms with Crippen LogP contribution < -0.4 is 0 Å². The lowest BCUT2D eigenvalue weighted by atomic mass is 9.48. The van der Waals surface area contributed by atoms with Gasteiger partial charge in [0, 0.05) is 0 Å². The van der Waals surface area contributed by atoms with E-state index in [0.29, 0.717) is 32.5 Å². The van der Waals surface area contributed by atoms with Crippen molar-refractivity contribution in [2.75, 3.05) is 0 Å². The second-order valence-electron chi connectivity index (χ2n) is 20.0. The Hall–Kier alpha value is 0. The number of unbranched alkanes of at least 4 members (excludes halogenated alkanes) is 6. The zero-order valence-electron chi connectivity index (χ0n) is 37.8. The lowest BCUT2D eigenvalue weighted by Gasteiger charge is -2.57. The number of hydrogen-bond acceptors (Lipinski definition) is 0. The van der Waals surface area contributed by atoms with Crippen molar-refractivity contribution < 1.29 is 0 Å². The van der Waals surface area contributed by atoms with Crippen LogP contribution in [-0.4, -0.2) is 0 Å². The largest absolute Gasteiger partial charge is 0.0654 e. The molecule has 49 heavy (non-hydrogen) atoms. The van der Waals surface area contributed by atoms with E-state index in [-0.39, 0.29) is 0 Å². The predicted octanol–water partition coefficient (Wildman–Crippen LogP) is 18.2. The second-order valence-corrected chi connectivity index (χ2v) is 20.0. The summed E-state index contributed by atoms with van der Waals surface area (Å²) in [4.78, 5) is 0. The van der Waals surface area contributed by atoms with Gasteiger partial charge in [-0.2, -0.15) is 0 Å². The fourth-order valence-corrected chi connectivity index (χ4v) is 10.8. The molecule has 1 aliphatic rings. The van der Waals surface area contributed by atoms with Crippen molar-refractivity contribution >= 4 is 0 Å². The highest BCUT2D eigenvalue weighted by atomic mass is 14.6. The summed E-state index contributed by atoms with van der Waals surface area (Å²) in [7, 11) is 0. The molecule has 0 nitrogen and oxygen atoms in total. The Kier molecular flexibility index (Phi) is 23.6. The van der Waals surface area contributed by atoms with Crippen molar-refractivity contribution in [2.24, 2.45) is 44.3 Å². The van der Waals surface area contributed by atoms with E-state index in [4.69, 9.17) is 0 Å². The van der Waals surface area contributed by atoms with E-state index in [0.717, 1.165) is 11.8 Å². The maximum absolute atomic E-state index is 2.68. The first kappa shape index (κ1) is 49.0. The minimum absolute atomic E-state index is 0.429. The maximum atomic E-state index is 2.68. The molecule has 0 N–H and O–H groups in total. The Morgan fingerprint density at radius 3 is 1.12 bits per heavy atom. The summed E-state index contributed by atoms with van der Waals surface area (Å²) < 4.78 is 0. The Morgan fingerprint density at radius 2 is 0.776 bits per heavy atom. The van der Waals surface area contributed by atoms with E-state index in [9.17, 15) is 0 Å². The summed E-state index contributed by atoms with van der Waals surface area (Å²) in [6.45, 7) is 40.0. The van der Waals surface area contributed by atoms with Gasteiger partial charge >= 0.3 is 0 Å². The molecule has 5 atom stereocenters. The highest BCUT2D eigenvalue weighted by Gasteiger charge is 2.52. The van der Waals surface area contributed by atoms with Crippen LogP contribution in [0.2, 0.25) is 0 Å². The third-order valence-electron chi connectivity index (χ3n) is 16.5. The Balaban J connectivity index is 0.000000962. The zero-order valence-corrected chi connectivity index (χ0v) is 37.8. The van der Waals surface area contributed by atoms with Gasteiger partial charge in [0.25, 0.3) is 0 Å². The molecule has 5 unspecified atom stereocenters. The predicted molar refractivity (Wildman–Crippen MR) is 228 cm³/mol. The van der Waals surface area contributed by atoms with Gasteiger partial charge in [-0.15, -0.1) is 0 Å². The average molecular weight is 689 g/mol. The third kappa shape index (κ3) is 13.7. The summed E-state index contributed by atoms with van der Waals surface area (Å²) >= 11 is 0. The van der Waals surface area contributed by atoms with Crippen LogP contribution in [0.5, 0.6) is 0 Å². The molecule has 0 saturated heterocycles. The van der Waals surface area contributed by atoms with E-state index in [1.54, 1.807) is 0 Å². The quantitative estimate of drug-likeness (QED) is 0.0754. The summed E-state index contributed by atoms with van der Waals surface area (Å²) in [6, 6.07) is 0. The highest BCUT2D eigenvalue weighted by molar-refractivity contribution is 5.02. The second kappa shape index (κ2) is 23.6. The molecule has 0 aliphatic heterocycles. The van der Waals surface area contributed by atoms with Gasteiger partial charge in [-0.05, 0) is 82.9 Å². The van der Waals surface area contributed by atoms with Crippen molar-refractivity contribution in [3.05, 3.63) is 0 Å². The van der Waals surface area contributed by atoms with Crippen LogP contribution in [0.25, 0.3) is 0 Å². The number of hydrogen-bond donors (Lipinski definition) is 0. The fraction of sp³-hybridized carbons (Fsp3) is 1.00. The first-order valence-electron chi connectivity index (χ1n) is 22.9. The molecule has 0 radical (unpaired) electrons. The molecule has 1 rings (SSSR count). The Labute approximate surface area is 314 Å². The van der Waals surface area contributed by atoms with Crippen molar-refractivity contribution in [3.63, 3.8) is 0 Å². The van der Waals surface area contributed by atoms with Crippen LogP contribution in [0, 0.1) is 44.3 Å². The molecule has 1 aliphatic carbocycles. The monoisotopic (exact) mass is 689 g/mol. The first-order chi connectivity index (χ1) is 22.9. The standard InChI is InChI=1S/C27H54.C22H46/c1-9-12-20-25(5,6)27(8,26(7,11-3)21-13-10-2)22-16-17-23(4)24-18-14-15-19-24;1-9-13-16-19-22(8,20(5,6)17-14-10-2)21(7,12-4)18-15-11-3/h23-24H,9-22H2,1-8H3;9-19H2,1-8H3. The van der Waals surface area contributed by atoms with Gasteiger partial charge < -0.3 is 0 Å². The molecule has 0 heteroatoms. The maximum Gasteiger partial charge on any atom is -0.0221 e. The van der Waals surface area contributed by atoms with Gasteiger partial charge in [0.15, 0.2) is 0 Å². The first-order valence-corrected chi connectivity index (χ1v) is 22.9. The van der Waals surface area contributed by atoms with Gasteiger partial charge in [-0.1, -0.05) is 233 Å². The summed E-state index contributed by atoms with van der Waals surface area (Å²) in [5, 5.41) is 0. The van der Waals surface area contributed by atoms with Crippen LogP contribution in [0.4, 0.5) is 0 Å². The molecule has 0 bridgehead atoms. The van der Waals surface area contributed by atoms with Crippen molar-refractivity contribution in [3.8, 4) is 0 Å². The molecule has 1 saturated carbocycles. The van der Waals surface area contributed by atoms with Crippen LogP contribution in [-0.2, 0) is 0 Å². The minimum atomic E-state index is 0.429.